The number of hydrogen-bond donors (Lipinski definition) is 1. The number of imidazole rings is 2. The summed E-state index contributed by atoms with van der Waals surface area (Å²) >= 11 is 0. The number of piperidine rings is 2. The van der Waals surface area contributed by atoms with Gasteiger partial charge in [0, 0.05) is 111 Å². The lowest BCUT2D eigenvalue weighted by molar-refractivity contribution is 0.164. The number of β-amino-alcohol motifs (C(OH)–C–C–N with tert-alkyl or cyclic N) is 1. The highest BCUT2D eigenvalue weighted by Gasteiger charge is 2.25. The SMILES string of the molecule is CCCN1CCN(c2ccc3nc(-c4cc5c(CC)nc(C)cn5n4)cc(=O)n3c2)CC1.Cc1cn2cc(-c3cc(=O)n4cc(C5CCN(C(C)C)CC5)ccc4n3)cc(C)c2n1.Cc1cn2cc(-c3cc(=O)n4cc(C5CCN(CCO)CC5)ccc4n3)cc(C)c2n1. The quantitative estimate of drug-likeness (QED) is 0.121. The summed E-state index contributed by atoms with van der Waals surface area (Å²) in [5.74, 6) is 0.931. The number of likely N-dealkylation sites (tertiary alicyclic amines) is 2. The largest absolute Gasteiger partial charge is 0.395 e. The fourth-order valence-corrected chi connectivity index (χ4v) is 14.0. The molecule has 0 spiro atoms. The summed E-state index contributed by atoms with van der Waals surface area (Å²) in [6, 6.07) is 23.7. The molecule has 21 heteroatoms. The molecule has 12 aromatic rings. The number of fused-ring (bicyclic) bond motifs is 6. The van der Waals surface area contributed by atoms with Crippen molar-refractivity contribution in [2.45, 2.75) is 119 Å². The van der Waals surface area contributed by atoms with E-state index in [-0.39, 0.29) is 23.3 Å². The molecule has 21 nitrogen and oxygen atoms in total. The minimum absolute atomic E-state index is 0.0407. The maximum atomic E-state index is 13.0. The molecule has 3 fully saturated rings. The summed E-state index contributed by atoms with van der Waals surface area (Å²) in [4.78, 5) is 76.6. The van der Waals surface area contributed by atoms with Crippen LogP contribution < -0.4 is 21.6 Å². The number of piperazine rings is 1. The molecule has 3 saturated heterocycles. The van der Waals surface area contributed by atoms with Crippen molar-refractivity contribution >= 4 is 39.4 Å². The van der Waals surface area contributed by atoms with Crippen LogP contribution in [0.4, 0.5) is 5.69 Å². The molecule has 0 unspecified atom stereocenters. The first-order valence-corrected chi connectivity index (χ1v) is 33.4. The number of aromatic nitrogens is 13. The molecule has 0 amide bonds. The van der Waals surface area contributed by atoms with Crippen molar-refractivity contribution in [3.63, 3.8) is 0 Å². The molecule has 0 atom stereocenters. The predicted octanol–water partition coefficient (Wildman–Crippen LogP) is 9.82. The van der Waals surface area contributed by atoms with Gasteiger partial charge in [0.1, 0.15) is 33.9 Å². The Morgan fingerprint density at radius 3 is 1.50 bits per heavy atom. The number of pyridine rings is 5. The highest BCUT2D eigenvalue weighted by Crippen LogP contribution is 2.32. The second-order valence-electron chi connectivity index (χ2n) is 26.1. The van der Waals surface area contributed by atoms with Gasteiger partial charge in [-0.25, -0.2) is 29.4 Å². The number of hydrogen-bond acceptors (Lipinski definition) is 15. The van der Waals surface area contributed by atoms with Crippen molar-refractivity contribution in [3.05, 3.63) is 198 Å². The number of aliphatic hydroxyl groups excluding tert-OH is 1. The van der Waals surface area contributed by atoms with Gasteiger partial charge in [-0.05, 0) is 196 Å². The lowest BCUT2D eigenvalue weighted by Gasteiger charge is -2.35. The standard InChI is InChI=1S/C25H29N5O.C24H29N7O.C24H27N5O2/c1-16(2)28-9-7-19(8-10-28)20-5-6-23-27-22(12-24(31)30(23)15-20)21-11-17(3)25-26-18(4)13-29(25)14-21;1-4-8-28-9-11-29(12-10-28)18-6-7-23-26-20(14-24(32)30(23)16-18)21-13-22-19(5-2)25-17(3)15-31(22)27-21;1-16-11-20(14-28-13-17(2)25-24(16)28)21-12-23(31)29-15-19(3-4-22(29)26-21)18-5-7-27(8-6-18)9-10-30/h5-6,11-16,19H,7-10H2,1-4H3;6-7,13-16H,4-5,8-12H2,1-3H3;3-4,11-15,18,30H,5-10H2,1-2H3. The first-order chi connectivity index (χ1) is 45.4. The summed E-state index contributed by atoms with van der Waals surface area (Å²) in [7, 11) is 0. The maximum Gasteiger partial charge on any atom is 0.258 e. The fourth-order valence-electron chi connectivity index (χ4n) is 14.0. The Kier molecular flexibility index (Phi) is 18.2. The minimum atomic E-state index is -0.0986. The molecule has 0 saturated carbocycles. The van der Waals surface area contributed by atoms with E-state index in [1.807, 2.05) is 128 Å². The lowest BCUT2D eigenvalue weighted by Crippen LogP contribution is -2.46. The zero-order valence-electron chi connectivity index (χ0n) is 55.6. The minimum Gasteiger partial charge on any atom is -0.395 e. The van der Waals surface area contributed by atoms with E-state index in [0.29, 0.717) is 57.6 Å². The van der Waals surface area contributed by atoms with E-state index in [2.05, 4.69) is 91.6 Å². The van der Waals surface area contributed by atoms with E-state index in [9.17, 15) is 14.4 Å². The van der Waals surface area contributed by atoms with Crippen LogP contribution in [0.5, 0.6) is 0 Å². The zero-order chi connectivity index (χ0) is 65.5. The summed E-state index contributed by atoms with van der Waals surface area (Å²) in [5.41, 5.74) is 18.5. The normalized spacial score (nSPS) is 15.7. The zero-order valence-corrected chi connectivity index (χ0v) is 55.6. The Labute approximate surface area is 546 Å². The van der Waals surface area contributed by atoms with Crippen LogP contribution in [0.25, 0.3) is 67.7 Å². The molecule has 15 heterocycles. The average molecular weight is 1260 g/mol. The Bertz CT molecular complexity index is 4950. The van der Waals surface area contributed by atoms with E-state index in [1.165, 1.54) is 17.5 Å². The molecule has 12 aromatic heterocycles. The number of anilines is 1. The molecule has 0 aromatic carbocycles. The van der Waals surface area contributed by atoms with Gasteiger partial charge in [-0.3, -0.25) is 37.5 Å². The van der Waals surface area contributed by atoms with Crippen LogP contribution >= 0.6 is 0 Å². The first kappa shape index (κ1) is 63.5. The van der Waals surface area contributed by atoms with Crippen molar-refractivity contribution in [1.29, 1.82) is 0 Å². The van der Waals surface area contributed by atoms with E-state index in [0.717, 1.165) is 165 Å². The molecule has 3 aliphatic rings. The van der Waals surface area contributed by atoms with Crippen molar-refractivity contribution < 1.29 is 5.11 Å². The van der Waals surface area contributed by atoms with Crippen molar-refractivity contribution in [2.24, 2.45) is 0 Å². The van der Waals surface area contributed by atoms with Crippen LogP contribution in [0.1, 0.15) is 117 Å². The van der Waals surface area contributed by atoms with Gasteiger partial charge >= 0.3 is 0 Å². The molecule has 15 rings (SSSR count). The third-order valence-corrected chi connectivity index (χ3v) is 19.0. The molecular weight excluding hydrogens is 1180 g/mol. The van der Waals surface area contributed by atoms with Crippen LogP contribution in [-0.4, -0.2) is 159 Å². The van der Waals surface area contributed by atoms with Crippen molar-refractivity contribution in [1.82, 2.24) is 76.2 Å². The van der Waals surface area contributed by atoms with Crippen LogP contribution in [0.3, 0.4) is 0 Å². The Balaban J connectivity index is 0.000000128. The summed E-state index contributed by atoms with van der Waals surface area (Å²) in [6.45, 7) is 29.1. The number of rotatable bonds is 12. The first-order valence-electron chi connectivity index (χ1n) is 33.4. The second kappa shape index (κ2) is 27.0. The van der Waals surface area contributed by atoms with E-state index >= 15 is 0 Å². The fraction of sp³-hybridized carbons (Fsp3) is 0.397. The van der Waals surface area contributed by atoms with Gasteiger partial charge in [-0.15, -0.1) is 0 Å². The predicted molar refractivity (Wildman–Crippen MR) is 371 cm³/mol. The number of aliphatic hydroxyl groups is 1. The van der Waals surface area contributed by atoms with Gasteiger partial charge < -0.3 is 28.6 Å². The third-order valence-electron chi connectivity index (χ3n) is 19.0. The lowest BCUT2D eigenvalue weighted by atomic mass is 9.90. The Morgan fingerprint density at radius 2 is 0.979 bits per heavy atom. The molecule has 0 aliphatic carbocycles. The molecule has 0 bridgehead atoms. The molecule has 486 valence electrons. The molecule has 0 radical (unpaired) electrons. The molecular formula is C73H85N17O4. The van der Waals surface area contributed by atoms with Crippen molar-refractivity contribution in [3.8, 4) is 33.9 Å². The van der Waals surface area contributed by atoms with Crippen LogP contribution in [0.15, 0.2) is 137 Å². The maximum absolute atomic E-state index is 13.0. The topological polar surface area (TPSA) is 201 Å². The second-order valence-corrected chi connectivity index (χ2v) is 26.1. The summed E-state index contributed by atoms with van der Waals surface area (Å²) < 4.78 is 10.8. The number of nitrogens with zero attached hydrogens (tertiary/aromatic N) is 17. The van der Waals surface area contributed by atoms with Gasteiger partial charge in [0.15, 0.2) is 0 Å². The average Bonchev–Trinajstić information content (AvgIpc) is 1.34. The highest BCUT2D eigenvalue weighted by molar-refractivity contribution is 5.69. The van der Waals surface area contributed by atoms with E-state index in [4.69, 9.17) is 20.1 Å². The Morgan fingerprint density at radius 1 is 0.489 bits per heavy atom. The highest BCUT2D eigenvalue weighted by atomic mass is 16.3. The van der Waals surface area contributed by atoms with Gasteiger partial charge in [-0.2, -0.15) is 5.10 Å². The molecule has 94 heavy (non-hydrogen) atoms. The summed E-state index contributed by atoms with van der Waals surface area (Å²) in [6.07, 6.45) is 22.1. The summed E-state index contributed by atoms with van der Waals surface area (Å²) in [5, 5.41) is 13.8. The monoisotopic (exact) mass is 1260 g/mol. The van der Waals surface area contributed by atoms with Gasteiger partial charge in [-0.1, -0.05) is 26.0 Å². The van der Waals surface area contributed by atoms with Gasteiger partial charge in [0.25, 0.3) is 16.7 Å². The van der Waals surface area contributed by atoms with E-state index in [1.54, 1.807) is 31.4 Å². The van der Waals surface area contributed by atoms with Crippen LogP contribution in [0, 0.1) is 34.6 Å². The van der Waals surface area contributed by atoms with Gasteiger partial charge in [0.2, 0.25) is 0 Å². The molecule has 3 aliphatic heterocycles. The van der Waals surface area contributed by atoms with Gasteiger partial charge in [0.05, 0.1) is 63.9 Å². The van der Waals surface area contributed by atoms with E-state index < -0.39 is 0 Å². The smallest absolute Gasteiger partial charge is 0.258 e. The van der Waals surface area contributed by atoms with Crippen molar-refractivity contribution in [2.75, 3.05) is 77.0 Å². The molecule has 1 N–H and O–H groups in total. The van der Waals surface area contributed by atoms with Crippen LogP contribution in [-0.2, 0) is 6.42 Å². The Hall–Kier alpha value is -9.28. The third kappa shape index (κ3) is 13.3. The number of aryl methyl sites for hydroxylation is 6. The van der Waals surface area contributed by atoms with Crippen LogP contribution in [0.2, 0.25) is 0 Å².